The molecular weight excluding hydrogens is 434 g/mol. The molecule has 3 atom stereocenters. The molecular formula is C27H49NO6. The maximum absolute atomic E-state index is 11.5. The van der Waals surface area contributed by atoms with E-state index in [1.807, 2.05) is 0 Å². The van der Waals surface area contributed by atoms with Crippen LogP contribution in [0.3, 0.4) is 0 Å². The molecule has 0 aliphatic carbocycles. The lowest BCUT2D eigenvalue weighted by Crippen LogP contribution is -2.58. The molecule has 0 aromatic rings. The van der Waals surface area contributed by atoms with E-state index in [4.69, 9.17) is 0 Å². The van der Waals surface area contributed by atoms with Crippen molar-refractivity contribution in [2.45, 2.75) is 98.3 Å². The third kappa shape index (κ3) is 15.1. The molecule has 0 radical (unpaired) electrons. The minimum atomic E-state index is -1.19. The lowest BCUT2D eigenvalue weighted by molar-refractivity contribution is -0.934. The van der Waals surface area contributed by atoms with Crippen molar-refractivity contribution in [2.75, 3.05) is 26.2 Å². The predicted octanol–water partition coefficient (Wildman–Crippen LogP) is 4.50. The number of carboxylic acid groups (broad SMARTS) is 3. The first-order chi connectivity index (χ1) is 16.0. The number of carbonyl (C=O) groups excluding carboxylic acids is 1. The first kappa shape index (κ1) is 32.1. The molecule has 0 aromatic heterocycles. The Bertz CT molecular complexity index is 563. The zero-order valence-electron chi connectivity index (χ0n) is 22.0. The molecule has 0 saturated heterocycles. The van der Waals surface area contributed by atoms with Crippen LogP contribution in [-0.4, -0.2) is 58.8 Å². The average molecular weight is 484 g/mol. The Balaban J connectivity index is 4.74. The summed E-state index contributed by atoms with van der Waals surface area (Å²) in [5.74, 6) is -5.24. The van der Waals surface area contributed by atoms with Crippen molar-refractivity contribution < 1.29 is 34.2 Å². The summed E-state index contributed by atoms with van der Waals surface area (Å²) in [7, 11) is 0. The van der Waals surface area contributed by atoms with E-state index in [9.17, 15) is 29.7 Å². The van der Waals surface area contributed by atoms with E-state index in [1.54, 1.807) is 20.8 Å². The zero-order chi connectivity index (χ0) is 26.0. The van der Waals surface area contributed by atoms with Crippen molar-refractivity contribution in [1.82, 2.24) is 0 Å². The molecule has 34 heavy (non-hydrogen) atoms. The molecule has 7 heteroatoms. The van der Waals surface area contributed by atoms with Gasteiger partial charge >= 0.3 is 11.9 Å². The van der Waals surface area contributed by atoms with Gasteiger partial charge in [-0.15, -0.1) is 0 Å². The highest BCUT2D eigenvalue weighted by Crippen LogP contribution is 2.22. The Morgan fingerprint density at radius 1 is 0.706 bits per heavy atom. The van der Waals surface area contributed by atoms with Gasteiger partial charge < -0.3 is 24.6 Å². The number of quaternary nitrogens is 1. The summed E-state index contributed by atoms with van der Waals surface area (Å²) in [4.78, 5) is 34.5. The average Bonchev–Trinajstić information content (AvgIpc) is 2.76. The van der Waals surface area contributed by atoms with Gasteiger partial charge in [0.25, 0.3) is 0 Å². The van der Waals surface area contributed by atoms with Gasteiger partial charge in [0.2, 0.25) is 0 Å². The van der Waals surface area contributed by atoms with Gasteiger partial charge in [0.1, 0.15) is 11.8 Å². The molecule has 0 fully saturated rings. The van der Waals surface area contributed by atoms with Crippen LogP contribution in [0.15, 0.2) is 12.2 Å². The zero-order valence-corrected chi connectivity index (χ0v) is 22.0. The molecule has 0 aliphatic rings. The topological polar surface area (TPSA) is 115 Å². The van der Waals surface area contributed by atoms with Crippen LogP contribution < -0.4 is 5.11 Å². The predicted molar refractivity (Wildman–Crippen MR) is 133 cm³/mol. The SMILES string of the molecule is CCC/C=C/CCCCCCCCCC[N+](CC(C)C(=O)[O-])(CC(C)C(=O)O)CC(C)C(=O)O. The first-order valence-electron chi connectivity index (χ1n) is 13.2. The van der Waals surface area contributed by atoms with Crippen molar-refractivity contribution >= 4 is 17.9 Å². The fraction of sp³-hybridized carbons (Fsp3) is 0.815. The first-order valence-corrected chi connectivity index (χ1v) is 13.2. The number of carboxylic acids is 3. The van der Waals surface area contributed by atoms with Crippen LogP contribution in [0.2, 0.25) is 0 Å². The second-order valence-electron chi connectivity index (χ2n) is 10.2. The summed E-state index contributed by atoms with van der Waals surface area (Å²) < 4.78 is 0.182. The van der Waals surface area contributed by atoms with Crippen molar-refractivity contribution in [3.63, 3.8) is 0 Å². The summed E-state index contributed by atoms with van der Waals surface area (Å²) in [5.41, 5.74) is 0. The maximum Gasteiger partial charge on any atom is 0.311 e. The van der Waals surface area contributed by atoms with Gasteiger partial charge in [0, 0.05) is 11.9 Å². The van der Waals surface area contributed by atoms with Crippen LogP contribution in [0, 0.1) is 17.8 Å². The van der Waals surface area contributed by atoms with E-state index in [-0.39, 0.29) is 24.1 Å². The summed E-state index contributed by atoms with van der Waals surface area (Å²) in [6, 6.07) is 0. The number of aliphatic carboxylic acids is 3. The Kier molecular flexibility index (Phi) is 17.4. The van der Waals surface area contributed by atoms with E-state index < -0.39 is 35.7 Å². The fourth-order valence-electron chi connectivity index (χ4n) is 4.64. The highest BCUT2D eigenvalue weighted by atomic mass is 16.4. The van der Waals surface area contributed by atoms with E-state index in [0.29, 0.717) is 6.54 Å². The highest BCUT2D eigenvalue weighted by Gasteiger charge is 2.36. The Morgan fingerprint density at radius 2 is 1.12 bits per heavy atom. The van der Waals surface area contributed by atoms with Crippen LogP contribution in [0.4, 0.5) is 0 Å². The number of hydrogen-bond donors (Lipinski definition) is 2. The van der Waals surface area contributed by atoms with E-state index >= 15 is 0 Å². The van der Waals surface area contributed by atoms with E-state index in [2.05, 4.69) is 19.1 Å². The molecule has 0 heterocycles. The van der Waals surface area contributed by atoms with Crippen LogP contribution in [0.1, 0.15) is 98.3 Å². The van der Waals surface area contributed by atoms with Crippen molar-refractivity contribution in [2.24, 2.45) is 17.8 Å². The van der Waals surface area contributed by atoms with Crippen LogP contribution in [-0.2, 0) is 14.4 Å². The van der Waals surface area contributed by atoms with Crippen molar-refractivity contribution in [3.05, 3.63) is 12.2 Å². The summed E-state index contributed by atoms with van der Waals surface area (Å²) in [6.45, 7) is 8.15. The van der Waals surface area contributed by atoms with Gasteiger partial charge in [-0.25, -0.2) is 0 Å². The number of rotatable bonds is 22. The van der Waals surface area contributed by atoms with E-state index in [1.165, 1.54) is 32.1 Å². The van der Waals surface area contributed by atoms with Crippen LogP contribution in [0.25, 0.3) is 0 Å². The summed E-state index contributed by atoms with van der Waals surface area (Å²) in [5, 5.41) is 30.4. The van der Waals surface area contributed by atoms with Gasteiger partial charge in [-0.05, 0) is 46.0 Å². The monoisotopic (exact) mass is 483 g/mol. The molecule has 0 aromatic carbocycles. The number of nitrogens with zero attached hydrogens (tertiary/aromatic N) is 1. The molecule has 3 unspecified atom stereocenters. The Labute approximate surface area is 206 Å². The fourth-order valence-corrected chi connectivity index (χ4v) is 4.64. The molecule has 0 spiro atoms. The molecule has 0 amide bonds. The Morgan fingerprint density at radius 3 is 1.56 bits per heavy atom. The van der Waals surface area contributed by atoms with Crippen LogP contribution >= 0.6 is 0 Å². The maximum atomic E-state index is 11.5. The number of unbranched alkanes of at least 4 members (excludes halogenated alkanes) is 9. The third-order valence-corrected chi connectivity index (χ3v) is 6.60. The highest BCUT2D eigenvalue weighted by molar-refractivity contribution is 5.70. The molecule has 0 bridgehead atoms. The molecule has 0 saturated carbocycles. The number of carbonyl (C=O) groups is 3. The third-order valence-electron chi connectivity index (χ3n) is 6.60. The van der Waals surface area contributed by atoms with Crippen LogP contribution in [0.5, 0.6) is 0 Å². The quantitative estimate of drug-likeness (QED) is 0.133. The van der Waals surface area contributed by atoms with E-state index in [0.717, 1.165) is 38.5 Å². The number of hydrogen-bond acceptors (Lipinski definition) is 4. The normalized spacial score (nSPS) is 16.1. The summed E-state index contributed by atoms with van der Waals surface area (Å²) >= 11 is 0. The minimum Gasteiger partial charge on any atom is -0.550 e. The second kappa shape index (κ2) is 18.4. The smallest absolute Gasteiger partial charge is 0.311 e. The largest absolute Gasteiger partial charge is 0.550 e. The molecule has 2 N–H and O–H groups in total. The molecule has 0 aliphatic heterocycles. The van der Waals surface area contributed by atoms with Crippen molar-refractivity contribution in [3.8, 4) is 0 Å². The molecule has 7 nitrogen and oxygen atoms in total. The lowest BCUT2D eigenvalue weighted by Gasteiger charge is -2.43. The number of allylic oxidation sites excluding steroid dienone is 2. The lowest BCUT2D eigenvalue weighted by atomic mass is 10.00. The van der Waals surface area contributed by atoms with Gasteiger partial charge in [0.15, 0.2) is 0 Å². The second-order valence-corrected chi connectivity index (χ2v) is 10.2. The minimum absolute atomic E-state index is 0.182. The summed E-state index contributed by atoms with van der Waals surface area (Å²) in [6.07, 6.45) is 17.0. The van der Waals surface area contributed by atoms with Gasteiger partial charge in [-0.2, -0.15) is 0 Å². The van der Waals surface area contributed by atoms with Gasteiger partial charge in [0.05, 0.1) is 26.2 Å². The Hall–Kier alpha value is -1.89. The molecule has 0 rings (SSSR count). The molecule has 198 valence electrons. The standard InChI is InChI=1S/C27H49NO6/c1-5-6-7-8-9-10-11-12-13-14-15-16-17-18-28(19-22(2)25(29)30,20-23(3)26(31)32)21-24(4)27(33)34/h7-8,22-24H,5-6,9-21H2,1-4H3,(H2-,29,30,31,32,33,34)/b8-7+. The van der Waals surface area contributed by atoms with Gasteiger partial charge in [-0.1, -0.05) is 64.5 Å². The van der Waals surface area contributed by atoms with Crippen molar-refractivity contribution in [1.29, 1.82) is 0 Å². The van der Waals surface area contributed by atoms with Gasteiger partial charge in [-0.3, -0.25) is 9.59 Å².